The molecule has 0 aliphatic heterocycles. The summed E-state index contributed by atoms with van der Waals surface area (Å²) in [5.41, 5.74) is 0. The molecule has 0 heterocycles. The monoisotopic (exact) mass is 207 g/mol. The number of ether oxygens (including phenoxy) is 1. The van der Waals surface area contributed by atoms with Crippen molar-refractivity contribution in [3.05, 3.63) is 30.3 Å². The van der Waals surface area contributed by atoms with Gasteiger partial charge in [0.1, 0.15) is 5.75 Å². The van der Waals surface area contributed by atoms with Crippen molar-refractivity contribution in [1.29, 1.82) is 0 Å². The van der Waals surface area contributed by atoms with E-state index in [4.69, 9.17) is 4.74 Å². The minimum Gasteiger partial charge on any atom is -0.410 e. The van der Waals surface area contributed by atoms with Gasteiger partial charge in [-0.05, 0) is 12.1 Å². The van der Waals surface area contributed by atoms with E-state index in [0.29, 0.717) is 12.2 Å². The first-order valence-corrected chi connectivity index (χ1v) is 4.74. The van der Waals surface area contributed by atoms with Crippen molar-refractivity contribution in [3.8, 4) is 5.75 Å². The first kappa shape index (κ1) is 11.2. The van der Waals surface area contributed by atoms with Crippen molar-refractivity contribution >= 4 is 11.9 Å². The van der Waals surface area contributed by atoms with Crippen molar-refractivity contribution in [1.82, 2.24) is 5.32 Å². The van der Waals surface area contributed by atoms with Gasteiger partial charge in [0, 0.05) is 6.42 Å². The zero-order valence-electron chi connectivity index (χ0n) is 8.53. The van der Waals surface area contributed by atoms with Gasteiger partial charge in [-0.3, -0.25) is 4.79 Å². The molecule has 0 atom stereocenters. The van der Waals surface area contributed by atoms with Crippen LogP contribution in [0.15, 0.2) is 30.3 Å². The number of amides is 1. The number of para-hydroxylation sites is 1. The minimum absolute atomic E-state index is 0.0160. The van der Waals surface area contributed by atoms with Gasteiger partial charge in [0.2, 0.25) is 0 Å². The summed E-state index contributed by atoms with van der Waals surface area (Å²) in [4.78, 5) is 22.0. The van der Waals surface area contributed by atoms with E-state index in [0.717, 1.165) is 0 Å². The van der Waals surface area contributed by atoms with Crippen LogP contribution in [0, 0.1) is 0 Å². The summed E-state index contributed by atoms with van der Waals surface area (Å²) < 4.78 is 4.91. The number of nitrogens with one attached hydrogen (secondary N) is 1. The van der Waals surface area contributed by atoms with Gasteiger partial charge in [-0.2, -0.15) is 0 Å². The second-order valence-electron chi connectivity index (χ2n) is 2.95. The van der Waals surface area contributed by atoms with E-state index in [-0.39, 0.29) is 12.3 Å². The SMILES string of the molecule is CCC(=O)CNC(=O)Oc1ccccc1. The third-order valence-corrected chi connectivity index (χ3v) is 1.78. The predicted molar refractivity (Wildman–Crippen MR) is 55.8 cm³/mol. The van der Waals surface area contributed by atoms with E-state index in [1.54, 1.807) is 31.2 Å². The summed E-state index contributed by atoms with van der Waals surface area (Å²) >= 11 is 0. The van der Waals surface area contributed by atoms with Crippen LogP contribution in [0.3, 0.4) is 0 Å². The van der Waals surface area contributed by atoms with E-state index in [1.807, 2.05) is 6.07 Å². The van der Waals surface area contributed by atoms with Crippen LogP contribution in [-0.4, -0.2) is 18.4 Å². The Kier molecular flexibility index (Phi) is 4.34. The van der Waals surface area contributed by atoms with Gasteiger partial charge >= 0.3 is 6.09 Å². The first-order valence-electron chi connectivity index (χ1n) is 4.74. The third-order valence-electron chi connectivity index (χ3n) is 1.78. The molecule has 0 unspecified atom stereocenters. The van der Waals surface area contributed by atoms with Crippen LogP contribution >= 0.6 is 0 Å². The van der Waals surface area contributed by atoms with E-state index < -0.39 is 6.09 Å². The molecule has 1 aromatic rings. The smallest absolute Gasteiger partial charge is 0.410 e. The summed E-state index contributed by atoms with van der Waals surface area (Å²) in [7, 11) is 0. The maximum atomic E-state index is 11.1. The van der Waals surface area contributed by atoms with Crippen molar-refractivity contribution in [2.24, 2.45) is 0 Å². The fourth-order valence-corrected chi connectivity index (χ4v) is 0.927. The summed E-state index contributed by atoms with van der Waals surface area (Å²) in [5.74, 6) is 0.430. The predicted octanol–water partition coefficient (Wildman–Crippen LogP) is 1.75. The van der Waals surface area contributed by atoms with Crippen molar-refractivity contribution in [2.45, 2.75) is 13.3 Å². The number of Topliss-reactive ketones (excluding diaryl/α,β-unsaturated/α-hetero) is 1. The maximum Gasteiger partial charge on any atom is 0.412 e. The average Bonchev–Trinajstić information content (AvgIpc) is 2.27. The Morgan fingerprint density at radius 3 is 2.53 bits per heavy atom. The number of hydrogen-bond donors (Lipinski definition) is 1. The van der Waals surface area contributed by atoms with Crippen LogP contribution in [0.5, 0.6) is 5.75 Å². The largest absolute Gasteiger partial charge is 0.412 e. The number of ketones is 1. The molecule has 0 aliphatic rings. The molecule has 1 rings (SSSR count). The number of benzene rings is 1. The molecule has 4 heteroatoms. The normalized spacial score (nSPS) is 9.40. The molecule has 0 fully saturated rings. The Hall–Kier alpha value is -1.84. The molecule has 4 nitrogen and oxygen atoms in total. The van der Waals surface area contributed by atoms with Crippen molar-refractivity contribution in [3.63, 3.8) is 0 Å². The second-order valence-corrected chi connectivity index (χ2v) is 2.95. The topological polar surface area (TPSA) is 55.4 Å². The second kappa shape index (κ2) is 5.80. The van der Waals surface area contributed by atoms with E-state index in [1.165, 1.54) is 0 Å². The Balaban J connectivity index is 2.34. The molecule has 0 aromatic heterocycles. The molecular formula is C11H13NO3. The van der Waals surface area contributed by atoms with Crippen molar-refractivity contribution < 1.29 is 14.3 Å². The summed E-state index contributed by atoms with van der Waals surface area (Å²) in [6, 6.07) is 8.69. The fourth-order valence-electron chi connectivity index (χ4n) is 0.927. The Bertz CT molecular complexity index is 335. The standard InChI is InChI=1S/C11H13NO3/c1-2-9(13)8-12-11(14)15-10-6-4-3-5-7-10/h3-7H,2,8H2,1H3,(H,12,14). The highest BCUT2D eigenvalue weighted by Crippen LogP contribution is 2.07. The van der Waals surface area contributed by atoms with E-state index in [2.05, 4.69) is 5.32 Å². The third kappa shape index (κ3) is 4.26. The summed E-state index contributed by atoms with van der Waals surface area (Å²) in [6.45, 7) is 1.76. The van der Waals surface area contributed by atoms with Crippen LogP contribution in [0.1, 0.15) is 13.3 Å². The highest BCUT2D eigenvalue weighted by Gasteiger charge is 2.05. The quantitative estimate of drug-likeness (QED) is 0.818. The lowest BCUT2D eigenvalue weighted by Gasteiger charge is -2.04. The van der Waals surface area contributed by atoms with Crippen LogP contribution < -0.4 is 10.1 Å². The van der Waals surface area contributed by atoms with Gasteiger partial charge in [-0.15, -0.1) is 0 Å². The zero-order valence-corrected chi connectivity index (χ0v) is 8.53. The molecule has 0 radical (unpaired) electrons. The number of rotatable bonds is 4. The van der Waals surface area contributed by atoms with Gasteiger partial charge in [-0.25, -0.2) is 4.79 Å². The average molecular weight is 207 g/mol. The molecule has 0 saturated carbocycles. The molecule has 1 aromatic carbocycles. The highest BCUT2D eigenvalue weighted by molar-refractivity contribution is 5.84. The highest BCUT2D eigenvalue weighted by atomic mass is 16.6. The lowest BCUT2D eigenvalue weighted by atomic mass is 10.3. The zero-order chi connectivity index (χ0) is 11.1. The van der Waals surface area contributed by atoms with Crippen LogP contribution in [0.25, 0.3) is 0 Å². The summed E-state index contributed by atoms with van der Waals surface area (Å²) in [5, 5.41) is 2.37. The van der Waals surface area contributed by atoms with Crippen LogP contribution in [0.4, 0.5) is 4.79 Å². The van der Waals surface area contributed by atoms with E-state index >= 15 is 0 Å². The molecule has 0 saturated heterocycles. The number of carbonyl (C=O) groups excluding carboxylic acids is 2. The molecule has 1 amide bonds. The van der Waals surface area contributed by atoms with Gasteiger partial charge in [0.15, 0.2) is 5.78 Å². The number of carbonyl (C=O) groups is 2. The Labute approximate surface area is 88.2 Å². The molecule has 0 spiro atoms. The van der Waals surface area contributed by atoms with E-state index in [9.17, 15) is 9.59 Å². The molecule has 15 heavy (non-hydrogen) atoms. The molecule has 0 aliphatic carbocycles. The van der Waals surface area contributed by atoms with Gasteiger partial charge in [0.25, 0.3) is 0 Å². The van der Waals surface area contributed by atoms with Crippen LogP contribution in [-0.2, 0) is 4.79 Å². The minimum atomic E-state index is -0.608. The molecular weight excluding hydrogens is 194 g/mol. The summed E-state index contributed by atoms with van der Waals surface area (Å²) in [6.07, 6.45) is -0.200. The molecule has 80 valence electrons. The molecule has 1 N–H and O–H groups in total. The Morgan fingerprint density at radius 1 is 1.27 bits per heavy atom. The fraction of sp³-hybridized carbons (Fsp3) is 0.273. The molecule has 0 bridgehead atoms. The lowest BCUT2D eigenvalue weighted by Crippen LogP contribution is -2.31. The van der Waals surface area contributed by atoms with Gasteiger partial charge in [-0.1, -0.05) is 25.1 Å². The van der Waals surface area contributed by atoms with Crippen LogP contribution in [0.2, 0.25) is 0 Å². The lowest BCUT2D eigenvalue weighted by molar-refractivity contribution is -0.117. The number of hydrogen-bond acceptors (Lipinski definition) is 3. The maximum absolute atomic E-state index is 11.1. The first-order chi connectivity index (χ1) is 7.22. The van der Waals surface area contributed by atoms with Crippen molar-refractivity contribution in [2.75, 3.05) is 6.54 Å². The van der Waals surface area contributed by atoms with Gasteiger partial charge < -0.3 is 10.1 Å². The van der Waals surface area contributed by atoms with Gasteiger partial charge in [0.05, 0.1) is 6.54 Å². The Morgan fingerprint density at radius 2 is 1.93 bits per heavy atom.